The summed E-state index contributed by atoms with van der Waals surface area (Å²) in [6, 6.07) is 5.08. The van der Waals surface area contributed by atoms with Crippen molar-refractivity contribution in [3.05, 3.63) is 73.3 Å². The minimum atomic E-state index is -1.67. The molecule has 35 heavy (non-hydrogen) atoms. The first-order valence-corrected chi connectivity index (χ1v) is 11.0. The SMILES string of the molecule is CC(c1cc(CO)c(O)c(CO)c1)(c1cc(Cl)c(O)c(CO)c1O)c1cc(Cl)c(O)c(CO)c1O. The Balaban J connectivity index is 2.58. The van der Waals surface area contributed by atoms with Crippen molar-refractivity contribution in [2.75, 3.05) is 0 Å². The van der Waals surface area contributed by atoms with Gasteiger partial charge in [-0.05, 0) is 36.8 Å². The topological polar surface area (TPSA) is 182 Å². The molecule has 9 N–H and O–H groups in total. The highest BCUT2D eigenvalue weighted by Crippen LogP contribution is 2.53. The lowest BCUT2D eigenvalue weighted by atomic mass is 9.68. The van der Waals surface area contributed by atoms with E-state index >= 15 is 0 Å². The van der Waals surface area contributed by atoms with E-state index in [4.69, 9.17) is 23.2 Å². The standard InChI is InChI=1S/C24H24Cl2O9/c1-24(12-2-10(6-27)19(31)11(3-12)7-28,15-4-17(25)22(34)13(8-29)20(15)32)16-5-18(26)23(35)14(9-30)21(16)33/h2-5,27-35H,6-9H2,1H3. The molecule has 0 saturated carbocycles. The second kappa shape index (κ2) is 9.98. The maximum absolute atomic E-state index is 11.1. The van der Waals surface area contributed by atoms with Gasteiger partial charge in [-0.25, -0.2) is 0 Å². The third kappa shape index (κ3) is 4.20. The van der Waals surface area contributed by atoms with Crippen LogP contribution in [-0.4, -0.2) is 46.0 Å². The van der Waals surface area contributed by atoms with Crippen LogP contribution in [0.25, 0.3) is 0 Å². The number of rotatable bonds is 7. The number of hydrogen-bond donors (Lipinski definition) is 9. The molecular formula is C24H24Cl2O9. The van der Waals surface area contributed by atoms with Gasteiger partial charge in [0.25, 0.3) is 0 Å². The van der Waals surface area contributed by atoms with Crippen LogP contribution in [0.1, 0.15) is 45.9 Å². The first-order chi connectivity index (χ1) is 16.5. The lowest BCUT2D eigenvalue weighted by Gasteiger charge is -2.35. The first-order valence-electron chi connectivity index (χ1n) is 10.2. The van der Waals surface area contributed by atoms with Gasteiger partial charge in [-0.2, -0.15) is 0 Å². The normalized spacial score (nSPS) is 11.7. The summed E-state index contributed by atoms with van der Waals surface area (Å²) < 4.78 is 0. The quantitative estimate of drug-likeness (QED) is 0.209. The molecule has 3 aromatic rings. The fourth-order valence-corrected chi connectivity index (χ4v) is 4.62. The summed E-state index contributed by atoms with van der Waals surface area (Å²) in [6.45, 7) is -1.36. The van der Waals surface area contributed by atoms with E-state index in [1.807, 2.05) is 0 Å². The van der Waals surface area contributed by atoms with Gasteiger partial charge in [0.2, 0.25) is 0 Å². The predicted molar refractivity (Wildman–Crippen MR) is 127 cm³/mol. The molecule has 0 bridgehead atoms. The Morgan fingerprint density at radius 3 is 1.26 bits per heavy atom. The predicted octanol–water partition coefficient (Wildman–Crippen LogP) is 2.84. The van der Waals surface area contributed by atoms with Crippen LogP contribution in [-0.2, 0) is 31.8 Å². The molecule has 0 spiro atoms. The molecule has 0 unspecified atom stereocenters. The monoisotopic (exact) mass is 526 g/mol. The zero-order valence-corrected chi connectivity index (χ0v) is 19.9. The Bertz CT molecular complexity index is 1200. The average molecular weight is 527 g/mol. The van der Waals surface area contributed by atoms with Crippen LogP contribution in [0.3, 0.4) is 0 Å². The van der Waals surface area contributed by atoms with Gasteiger partial charge in [-0.1, -0.05) is 23.2 Å². The van der Waals surface area contributed by atoms with Gasteiger partial charge in [0.05, 0.1) is 47.6 Å². The molecule has 0 amide bonds. The van der Waals surface area contributed by atoms with Gasteiger partial charge in [-0.3, -0.25) is 0 Å². The van der Waals surface area contributed by atoms with Gasteiger partial charge in [0, 0.05) is 27.7 Å². The molecule has 0 atom stereocenters. The Hall–Kier alpha value is -2.92. The van der Waals surface area contributed by atoms with Crippen LogP contribution in [0.15, 0.2) is 24.3 Å². The van der Waals surface area contributed by atoms with Crippen LogP contribution in [0.2, 0.25) is 10.0 Å². The van der Waals surface area contributed by atoms with E-state index < -0.39 is 54.8 Å². The smallest absolute Gasteiger partial charge is 0.143 e. The number of aromatic hydroxyl groups is 5. The number of aliphatic hydroxyl groups excluding tert-OH is 4. The van der Waals surface area contributed by atoms with E-state index in [0.717, 1.165) is 0 Å². The molecule has 3 aromatic carbocycles. The minimum Gasteiger partial charge on any atom is -0.507 e. The number of hydrogen-bond acceptors (Lipinski definition) is 9. The molecule has 3 rings (SSSR count). The van der Waals surface area contributed by atoms with Crippen molar-refractivity contribution in [2.45, 2.75) is 38.8 Å². The zero-order chi connectivity index (χ0) is 26.2. The van der Waals surface area contributed by atoms with Crippen molar-refractivity contribution in [1.82, 2.24) is 0 Å². The van der Waals surface area contributed by atoms with E-state index in [0.29, 0.717) is 0 Å². The van der Waals surface area contributed by atoms with Crippen molar-refractivity contribution in [3.63, 3.8) is 0 Å². The molecular weight excluding hydrogens is 503 g/mol. The highest BCUT2D eigenvalue weighted by molar-refractivity contribution is 6.32. The minimum absolute atomic E-state index is 0.0104. The summed E-state index contributed by atoms with van der Waals surface area (Å²) in [4.78, 5) is 0. The third-order valence-electron chi connectivity index (χ3n) is 6.23. The van der Waals surface area contributed by atoms with Gasteiger partial charge < -0.3 is 46.0 Å². The Morgan fingerprint density at radius 1 is 0.571 bits per heavy atom. The molecule has 0 heterocycles. The lowest BCUT2D eigenvalue weighted by Crippen LogP contribution is -2.27. The van der Waals surface area contributed by atoms with Gasteiger partial charge in [0.15, 0.2) is 0 Å². The van der Waals surface area contributed by atoms with Crippen LogP contribution in [0.5, 0.6) is 28.7 Å². The highest BCUT2D eigenvalue weighted by atomic mass is 35.5. The zero-order valence-electron chi connectivity index (χ0n) is 18.4. The largest absolute Gasteiger partial charge is 0.507 e. The number of halogens is 2. The second-order valence-corrected chi connectivity index (χ2v) is 8.88. The van der Waals surface area contributed by atoms with Crippen LogP contribution >= 0.6 is 23.2 Å². The fraction of sp³-hybridized carbons (Fsp3) is 0.250. The maximum Gasteiger partial charge on any atom is 0.143 e. The van der Waals surface area contributed by atoms with Crippen molar-refractivity contribution < 1.29 is 46.0 Å². The molecule has 0 radical (unpaired) electrons. The molecule has 0 saturated heterocycles. The average Bonchev–Trinajstić information content (AvgIpc) is 2.84. The molecule has 9 nitrogen and oxygen atoms in total. The molecule has 0 aliphatic carbocycles. The lowest BCUT2D eigenvalue weighted by molar-refractivity contribution is 0.263. The number of aliphatic hydroxyl groups is 4. The summed E-state index contributed by atoms with van der Waals surface area (Å²) in [5.74, 6) is -2.68. The van der Waals surface area contributed by atoms with E-state index in [9.17, 15) is 46.0 Å². The van der Waals surface area contributed by atoms with E-state index in [-0.39, 0.29) is 54.7 Å². The summed E-state index contributed by atoms with van der Waals surface area (Å²) in [6.07, 6.45) is 0. The first kappa shape index (κ1) is 26.7. The van der Waals surface area contributed by atoms with Crippen LogP contribution < -0.4 is 0 Å². The Kier molecular flexibility index (Phi) is 7.61. The van der Waals surface area contributed by atoms with E-state index in [1.54, 1.807) is 0 Å². The van der Waals surface area contributed by atoms with Crippen molar-refractivity contribution in [1.29, 1.82) is 0 Å². The summed E-state index contributed by atoms with van der Waals surface area (Å²) in [7, 11) is 0. The number of benzene rings is 3. The molecule has 0 fully saturated rings. The molecule has 11 heteroatoms. The van der Waals surface area contributed by atoms with E-state index in [1.165, 1.54) is 31.2 Å². The highest BCUT2D eigenvalue weighted by Gasteiger charge is 2.40. The van der Waals surface area contributed by atoms with Crippen LogP contribution in [0, 0.1) is 0 Å². The summed E-state index contributed by atoms with van der Waals surface area (Å²) in [5.41, 5.74) is -2.17. The molecule has 0 aliphatic rings. The Morgan fingerprint density at radius 2 is 0.943 bits per heavy atom. The fourth-order valence-electron chi connectivity index (χ4n) is 4.17. The van der Waals surface area contributed by atoms with Crippen molar-refractivity contribution >= 4 is 23.2 Å². The van der Waals surface area contributed by atoms with Gasteiger partial charge in [-0.15, -0.1) is 0 Å². The van der Waals surface area contributed by atoms with Gasteiger partial charge in [0.1, 0.15) is 28.7 Å². The molecule has 0 aliphatic heterocycles. The molecule has 188 valence electrons. The van der Waals surface area contributed by atoms with Crippen LogP contribution in [0.4, 0.5) is 0 Å². The Labute approximate surface area is 209 Å². The third-order valence-corrected chi connectivity index (χ3v) is 6.80. The van der Waals surface area contributed by atoms with Crippen molar-refractivity contribution in [3.8, 4) is 28.7 Å². The second-order valence-electron chi connectivity index (χ2n) is 8.06. The maximum atomic E-state index is 11.1. The van der Waals surface area contributed by atoms with E-state index in [2.05, 4.69) is 0 Å². The summed E-state index contributed by atoms with van der Waals surface area (Å²) in [5, 5.41) is 91.6. The number of phenols is 5. The van der Waals surface area contributed by atoms with Gasteiger partial charge >= 0.3 is 0 Å². The summed E-state index contributed by atoms with van der Waals surface area (Å²) >= 11 is 12.4. The molecule has 0 aromatic heterocycles. The van der Waals surface area contributed by atoms with Crippen molar-refractivity contribution in [2.24, 2.45) is 0 Å².